The van der Waals surface area contributed by atoms with Gasteiger partial charge in [0.25, 0.3) is 0 Å². The van der Waals surface area contributed by atoms with Gasteiger partial charge in [-0.15, -0.1) is 12.4 Å². The third-order valence-corrected chi connectivity index (χ3v) is 2.32. The molecule has 0 heterocycles. The Morgan fingerprint density at radius 1 is 0.667 bits per heavy atom. The molecule has 1 atom stereocenters. The van der Waals surface area contributed by atoms with Gasteiger partial charge in [0.2, 0.25) is 5.82 Å². The highest BCUT2D eigenvalue weighted by atomic mass is 35.5. The Kier molecular flexibility index (Phi) is 5.53. The first kappa shape index (κ1) is 19.8. The number of halogens is 11. The second-order valence-corrected chi connectivity index (χ2v) is 3.58. The minimum atomic E-state index is -6.34. The molecule has 122 valence electrons. The van der Waals surface area contributed by atoms with E-state index in [4.69, 9.17) is 0 Å². The molecule has 1 aromatic rings. The molecule has 0 amide bonds. The first-order valence-electron chi connectivity index (χ1n) is 4.55. The van der Waals surface area contributed by atoms with Gasteiger partial charge in [0.05, 0.1) is 5.56 Å². The van der Waals surface area contributed by atoms with Crippen molar-refractivity contribution in [2.45, 2.75) is 18.1 Å². The van der Waals surface area contributed by atoms with Gasteiger partial charge >= 0.3 is 12.1 Å². The van der Waals surface area contributed by atoms with Crippen LogP contribution in [0.5, 0.6) is 0 Å². The smallest absolute Gasteiger partial charge is 0.319 e. The molecule has 0 bridgehead atoms. The van der Waals surface area contributed by atoms with Crippen molar-refractivity contribution in [3.05, 3.63) is 34.6 Å². The van der Waals surface area contributed by atoms with Crippen LogP contribution in [0.15, 0.2) is 0 Å². The molecule has 0 spiro atoms. The second kappa shape index (κ2) is 5.87. The molecule has 0 saturated carbocycles. The summed E-state index contributed by atoms with van der Waals surface area (Å²) in [6.45, 7) is 0. The average Bonchev–Trinajstić information content (AvgIpc) is 2.32. The van der Waals surface area contributed by atoms with E-state index < -0.39 is 52.8 Å². The summed E-state index contributed by atoms with van der Waals surface area (Å²) < 4.78 is 126. The van der Waals surface area contributed by atoms with Gasteiger partial charge in [0, 0.05) is 0 Å². The number of alkyl halides is 5. The molecule has 0 aromatic heterocycles. The molecule has 0 radical (unpaired) electrons. The molecule has 0 aliphatic carbocycles. The zero-order chi connectivity index (χ0) is 16.0. The maximum absolute atomic E-state index is 13.1. The van der Waals surface area contributed by atoms with Crippen LogP contribution >= 0.6 is 12.4 Å². The fourth-order valence-electron chi connectivity index (χ4n) is 1.25. The fourth-order valence-corrected chi connectivity index (χ4v) is 1.25. The predicted molar refractivity (Wildman–Crippen MR) is 51.4 cm³/mol. The van der Waals surface area contributed by atoms with Crippen molar-refractivity contribution in [2.75, 3.05) is 0 Å². The second-order valence-electron chi connectivity index (χ2n) is 3.58. The van der Waals surface area contributed by atoms with Crippen molar-refractivity contribution in [2.24, 2.45) is 5.73 Å². The lowest BCUT2D eigenvalue weighted by Crippen LogP contribution is -2.46. The molecule has 0 aliphatic heterocycles. The third-order valence-electron chi connectivity index (χ3n) is 2.32. The van der Waals surface area contributed by atoms with Crippen molar-refractivity contribution in [1.29, 1.82) is 0 Å². The van der Waals surface area contributed by atoms with Crippen molar-refractivity contribution in [3.63, 3.8) is 0 Å². The lowest BCUT2D eigenvalue weighted by molar-refractivity contribution is -0.291. The first-order valence-corrected chi connectivity index (χ1v) is 4.55. The number of hydrogen-bond donors (Lipinski definition) is 1. The maximum atomic E-state index is 13.1. The summed E-state index contributed by atoms with van der Waals surface area (Å²) in [6.07, 6.45) is -6.34. The molecule has 0 fully saturated rings. The molecule has 1 aromatic carbocycles. The van der Waals surface area contributed by atoms with E-state index in [1.807, 2.05) is 0 Å². The maximum Gasteiger partial charge on any atom is 0.455 e. The van der Waals surface area contributed by atoms with Crippen LogP contribution in [0.3, 0.4) is 0 Å². The lowest BCUT2D eigenvalue weighted by atomic mass is 9.99. The van der Waals surface area contributed by atoms with Gasteiger partial charge in [-0.05, 0) is 0 Å². The Bertz CT molecular complexity index is 511. The molecule has 1 nitrogen and oxygen atoms in total. The standard InChI is InChI=1S/C9H3F10N.ClH/c10-2-1(3(11)5(13)6(14)4(2)12)7(20)8(15,16)9(17,18)19;/h7H,20H2;1H/t7-;/m1./s1. The van der Waals surface area contributed by atoms with Gasteiger partial charge in [-0.1, -0.05) is 0 Å². The van der Waals surface area contributed by atoms with Gasteiger partial charge in [-0.25, -0.2) is 22.0 Å². The van der Waals surface area contributed by atoms with E-state index in [-0.39, 0.29) is 12.4 Å². The molecule has 2 N–H and O–H groups in total. The Balaban J connectivity index is 0.00000400. The molecule has 0 unspecified atom stereocenters. The van der Waals surface area contributed by atoms with E-state index in [9.17, 15) is 43.9 Å². The SMILES string of the molecule is Cl.N[C@H](c1c(F)c(F)c(F)c(F)c1F)C(F)(F)C(F)(F)F. The van der Waals surface area contributed by atoms with Crippen LogP contribution in [0.4, 0.5) is 43.9 Å². The van der Waals surface area contributed by atoms with Crippen LogP contribution in [-0.4, -0.2) is 12.1 Å². The van der Waals surface area contributed by atoms with Gasteiger partial charge in [0.15, 0.2) is 23.3 Å². The normalized spacial score (nSPS) is 13.9. The first-order chi connectivity index (χ1) is 8.84. The van der Waals surface area contributed by atoms with Crippen molar-refractivity contribution >= 4 is 12.4 Å². The van der Waals surface area contributed by atoms with Crippen molar-refractivity contribution in [1.82, 2.24) is 0 Å². The molecule has 0 saturated heterocycles. The molecular formula is C9H4ClF10N. The van der Waals surface area contributed by atoms with Gasteiger partial charge in [0.1, 0.15) is 6.04 Å². The van der Waals surface area contributed by atoms with E-state index in [1.165, 1.54) is 0 Å². The van der Waals surface area contributed by atoms with Crippen LogP contribution in [-0.2, 0) is 0 Å². The van der Waals surface area contributed by atoms with Crippen LogP contribution in [0.1, 0.15) is 11.6 Å². The highest BCUT2D eigenvalue weighted by Crippen LogP contribution is 2.45. The van der Waals surface area contributed by atoms with E-state index in [2.05, 4.69) is 5.73 Å². The van der Waals surface area contributed by atoms with Gasteiger partial charge in [-0.3, -0.25) is 0 Å². The largest absolute Gasteiger partial charge is 0.455 e. The molecule has 12 heteroatoms. The summed E-state index contributed by atoms with van der Waals surface area (Å²) in [4.78, 5) is 0. The number of benzene rings is 1. The fraction of sp³-hybridized carbons (Fsp3) is 0.333. The quantitative estimate of drug-likeness (QED) is 0.486. The van der Waals surface area contributed by atoms with E-state index in [0.717, 1.165) is 0 Å². The van der Waals surface area contributed by atoms with E-state index in [1.54, 1.807) is 0 Å². The highest BCUT2D eigenvalue weighted by Gasteiger charge is 2.63. The van der Waals surface area contributed by atoms with Crippen LogP contribution in [0.25, 0.3) is 0 Å². The predicted octanol–water partition coefficient (Wildman–Crippen LogP) is 4.00. The Morgan fingerprint density at radius 3 is 1.24 bits per heavy atom. The Hall–Kier alpha value is -1.23. The lowest BCUT2D eigenvalue weighted by Gasteiger charge is -2.26. The Labute approximate surface area is 116 Å². The summed E-state index contributed by atoms with van der Waals surface area (Å²) >= 11 is 0. The topological polar surface area (TPSA) is 26.0 Å². The summed E-state index contributed by atoms with van der Waals surface area (Å²) in [6, 6.07) is -3.80. The zero-order valence-electron chi connectivity index (χ0n) is 9.34. The summed E-state index contributed by atoms with van der Waals surface area (Å²) in [5.41, 5.74) is 1.90. The van der Waals surface area contributed by atoms with Gasteiger partial charge < -0.3 is 5.73 Å². The van der Waals surface area contributed by atoms with Crippen molar-refractivity contribution < 1.29 is 43.9 Å². The highest BCUT2D eigenvalue weighted by molar-refractivity contribution is 5.85. The monoisotopic (exact) mass is 351 g/mol. The average molecular weight is 352 g/mol. The molecular weight excluding hydrogens is 348 g/mol. The minimum absolute atomic E-state index is 0. The molecule has 21 heavy (non-hydrogen) atoms. The summed E-state index contributed by atoms with van der Waals surface area (Å²) in [5.74, 6) is -19.6. The van der Waals surface area contributed by atoms with E-state index in [0.29, 0.717) is 0 Å². The zero-order valence-corrected chi connectivity index (χ0v) is 10.2. The molecule has 1 rings (SSSR count). The van der Waals surface area contributed by atoms with Gasteiger partial charge in [-0.2, -0.15) is 22.0 Å². The summed E-state index contributed by atoms with van der Waals surface area (Å²) in [7, 11) is 0. The number of hydrogen-bond acceptors (Lipinski definition) is 1. The van der Waals surface area contributed by atoms with Crippen LogP contribution < -0.4 is 5.73 Å². The number of nitrogens with two attached hydrogens (primary N) is 1. The van der Waals surface area contributed by atoms with E-state index >= 15 is 0 Å². The van der Waals surface area contributed by atoms with Crippen LogP contribution in [0, 0.1) is 29.1 Å². The van der Waals surface area contributed by atoms with Crippen LogP contribution in [0.2, 0.25) is 0 Å². The summed E-state index contributed by atoms with van der Waals surface area (Å²) in [5, 5.41) is 0. The third kappa shape index (κ3) is 3.03. The minimum Gasteiger partial charge on any atom is -0.319 e. The molecule has 0 aliphatic rings. The Morgan fingerprint density at radius 2 is 0.952 bits per heavy atom. The number of rotatable bonds is 2. The van der Waals surface area contributed by atoms with Crippen molar-refractivity contribution in [3.8, 4) is 0 Å².